The van der Waals surface area contributed by atoms with Crippen LogP contribution in [0.4, 0.5) is 8.78 Å². The normalized spacial score (nSPS) is 12.8. The predicted molar refractivity (Wildman–Crippen MR) is 59.6 cm³/mol. The molecule has 0 spiro atoms. The average Bonchev–Trinajstić information content (AvgIpc) is 2.19. The molecule has 16 heavy (non-hydrogen) atoms. The van der Waals surface area contributed by atoms with Crippen LogP contribution in [0.1, 0.15) is 12.0 Å². The van der Waals surface area contributed by atoms with Crippen molar-refractivity contribution < 1.29 is 18.7 Å². The Morgan fingerprint density at radius 1 is 1.38 bits per heavy atom. The van der Waals surface area contributed by atoms with Crippen molar-refractivity contribution in [3.05, 3.63) is 34.3 Å². The first-order valence-electron chi connectivity index (χ1n) is 4.75. The molecule has 0 aliphatic carbocycles. The maximum Gasteiger partial charge on any atom is 0.307 e. The van der Waals surface area contributed by atoms with E-state index in [1.807, 2.05) is 0 Å². The predicted octanol–water partition coefficient (Wildman–Crippen LogP) is 3.35. The quantitative estimate of drug-likeness (QED) is 0.904. The summed E-state index contributed by atoms with van der Waals surface area (Å²) < 4.78 is 25.1. The minimum Gasteiger partial charge on any atom is -0.481 e. The Labute approximate surface area is 100 Å². The fourth-order valence-corrected chi connectivity index (χ4v) is 1.86. The maximum atomic E-state index is 12.2. The van der Waals surface area contributed by atoms with Crippen LogP contribution in [0.2, 0.25) is 0 Å². The second-order valence-corrected chi connectivity index (χ2v) is 4.31. The molecule has 88 valence electrons. The third kappa shape index (κ3) is 3.89. The van der Waals surface area contributed by atoms with Crippen molar-refractivity contribution in [2.24, 2.45) is 5.92 Å². The van der Waals surface area contributed by atoms with Crippen molar-refractivity contribution in [3.8, 4) is 0 Å². The first-order chi connectivity index (χ1) is 7.50. The first-order valence-corrected chi connectivity index (χ1v) is 5.54. The molecule has 0 aromatic heterocycles. The van der Waals surface area contributed by atoms with E-state index in [2.05, 4.69) is 15.9 Å². The monoisotopic (exact) mass is 292 g/mol. The number of aliphatic carboxylic acids is 1. The van der Waals surface area contributed by atoms with Crippen LogP contribution >= 0.6 is 15.9 Å². The largest absolute Gasteiger partial charge is 0.481 e. The van der Waals surface area contributed by atoms with E-state index in [-0.39, 0.29) is 6.42 Å². The second-order valence-electron chi connectivity index (χ2n) is 3.46. The van der Waals surface area contributed by atoms with Gasteiger partial charge in [-0.05, 0) is 18.1 Å². The van der Waals surface area contributed by atoms with E-state index in [0.29, 0.717) is 0 Å². The van der Waals surface area contributed by atoms with Crippen LogP contribution in [0, 0.1) is 5.92 Å². The van der Waals surface area contributed by atoms with E-state index in [1.165, 1.54) is 0 Å². The van der Waals surface area contributed by atoms with Gasteiger partial charge in [-0.3, -0.25) is 4.79 Å². The van der Waals surface area contributed by atoms with Crippen molar-refractivity contribution in [3.63, 3.8) is 0 Å². The van der Waals surface area contributed by atoms with Crippen LogP contribution in [0.25, 0.3) is 0 Å². The van der Waals surface area contributed by atoms with Gasteiger partial charge in [-0.1, -0.05) is 34.1 Å². The van der Waals surface area contributed by atoms with Gasteiger partial charge in [-0.2, -0.15) is 0 Å². The minimum absolute atomic E-state index is 0.112. The number of carboxylic acid groups (broad SMARTS) is 1. The molecule has 1 rings (SSSR count). The van der Waals surface area contributed by atoms with E-state index in [9.17, 15) is 13.6 Å². The first kappa shape index (κ1) is 13.1. The molecule has 1 aromatic rings. The molecule has 1 N–H and O–H groups in total. The summed E-state index contributed by atoms with van der Waals surface area (Å²) in [5.74, 6) is -2.23. The van der Waals surface area contributed by atoms with Gasteiger partial charge in [-0.15, -0.1) is 0 Å². The molecule has 2 nitrogen and oxygen atoms in total. The van der Waals surface area contributed by atoms with Gasteiger partial charge < -0.3 is 5.11 Å². The molecule has 1 aromatic carbocycles. The molecule has 0 aliphatic heterocycles. The van der Waals surface area contributed by atoms with Crippen LogP contribution in [0.5, 0.6) is 0 Å². The molecule has 0 bridgehead atoms. The number of halogens is 3. The highest BCUT2D eigenvalue weighted by Gasteiger charge is 2.23. The number of rotatable bonds is 5. The summed E-state index contributed by atoms with van der Waals surface area (Å²) >= 11 is 3.26. The Hall–Kier alpha value is -0.970. The Morgan fingerprint density at radius 3 is 2.50 bits per heavy atom. The number of hydrogen-bond acceptors (Lipinski definition) is 1. The molecule has 0 amide bonds. The van der Waals surface area contributed by atoms with E-state index in [0.717, 1.165) is 10.0 Å². The van der Waals surface area contributed by atoms with Gasteiger partial charge >= 0.3 is 5.97 Å². The lowest BCUT2D eigenvalue weighted by Crippen LogP contribution is -2.19. The van der Waals surface area contributed by atoms with Crippen molar-refractivity contribution in [1.29, 1.82) is 0 Å². The summed E-state index contributed by atoms with van der Waals surface area (Å²) in [5, 5.41) is 8.83. The highest BCUT2D eigenvalue weighted by Crippen LogP contribution is 2.22. The average molecular weight is 293 g/mol. The Kier molecular flexibility index (Phi) is 4.86. The molecular weight excluding hydrogens is 282 g/mol. The lowest BCUT2D eigenvalue weighted by Gasteiger charge is -2.12. The fraction of sp³-hybridized carbons (Fsp3) is 0.364. The fourth-order valence-electron chi connectivity index (χ4n) is 1.42. The summed E-state index contributed by atoms with van der Waals surface area (Å²) in [7, 11) is 0. The molecule has 0 saturated heterocycles. The van der Waals surface area contributed by atoms with Gasteiger partial charge in [0, 0.05) is 10.9 Å². The number of alkyl halides is 2. The van der Waals surface area contributed by atoms with Crippen LogP contribution in [0.15, 0.2) is 28.7 Å². The number of benzene rings is 1. The lowest BCUT2D eigenvalue weighted by atomic mass is 9.96. The van der Waals surface area contributed by atoms with Crippen molar-refractivity contribution in [2.45, 2.75) is 19.3 Å². The summed E-state index contributed by atoms with van der Waals surface area (Å²) in [4.78, 5) is 10.8. The number of carboxylic acids is 1. The van der Waals surface area contributed by atoms with Gasteiger partial charge in [0.15, 0.2) is 0 Å². The van der Waals surface area contributed by atoms with E-state index < -0.39 is 24.7 Å². The molecular formula is C11H11BrF2O2. The van der Waals surface area contributed by atoms with Crippen LogP contribution < -0.4 is 0 Å². The molecule has 0 aliphatic rings. The number of carbonyl (C=O) groups is 1. The molecule has 1 atom stereocenters. The molecule has 1 unspecified atom stereocenters. The molecule has 0 saturated carbocycles. The second kappa shape index (κ2) is 5.94. The van der Waals surface area contributed by atoms with Crippen LogP contribution in [-0.4, -0.2) is 17.5 Å². The summed E-state index contributed by atoms with van der Waals surface area (Å²) in [6, 6.07) is 7.03. The molecule has 0 fully saturated rings. The Morgan fingerprint density at radius 2 is 2.00 bits per heavy atom. The third-order valence-corrected chi connectivity index (χ3v) is 3.01. The smallest absolute Gasteiger partial charge is 0.307 e. The maximum absolute atomic E-state index is 12.2. The van der Waals surface area contributed by atoms with Gasteiger partial charge in [0.05, 0.1) is 5.92 Å². The summed E-state index contributed by atoms with van der Waals surface area (Å²) in [6.45, 7) is 0. The molecule has 0 radical (unpaired) electrons. The zero-order valence-corrected chi connectivity index (χ0v) is 9.95. The number of hydrogen-bond donors (Lipinski definition) is 1. The van der Waals surface area contributed by atoms with E-state index >= 15 is 0 Å². The molecule has 0 heterocycles. The standard InChI is InChI=1S/C11H11BrF2O2/c12-9-4-2-1-3-7(9)5-8(11(15)16)6-10(13)14/h1-4,8,10H,5-6H2,(H,15,16). The third-order valence-electron chi connectivity index (χ3n) is 2.24. The highest BCUT2D eigenvalue weighted by molar-refractivity contribution is 9.10. The van der Waals surface area contributed by atoms with Gasteiger partial charge in [-0.25, -0.2) is 8.78 Å². The van der Waals surface area contributed by atoms with Gasteiger partial charge in [0.25, 0.3) is 0 Å². The van der Waals surface area contributed by atoms with E-state index in [1.54, 1.807) is 24.3 Å². The summed E-state index contributed by atoms with van der Waals surface area (Å²) in [5.41, 5.74) is 0.732. The van der Waals surface area contributed by atoms with Crippen LogP contribution in [-0.2, 0) is 11.2 Å². The van der Waals surface area contributed by atoms with Gasteiger partial charge in [0.2, 0.25) is 6.43 Å². The minimum atomic E-state index is -2.59. The van der Waals surface area contributed by atoms with Crippen LogP contribution in [0.3, 0.4) is 0 Å². The van der Waals surface area contributed by atoms with Gasteiger partial charge in [0.1, 0.15) is 0 Å². The zero-order chi connectivity index (χ0) is 12.1. The Balaban J connectivity index is 2.76. The zero-order valence-electron chi connectivity index (χ0n) is 8.37. The molecule has 5 heteroatoms. The lowest BCUT2D eigenvalue weighted by molar-refractivity contribution is -0.143. The van der Waals surface area contributed by atoms with E-state index in [4.69, 9.17) is 5.11 Å². The topological polar surface area (TPSA) is 37.3 Å². The summed E-state index contributed by atoms with van der Waals surface area (Å²) in [6.07, 6.45) is -3.10. The van der Waals surface area contributed by atoms with Crippen molar-refractivity contribution in [1.82, 2.24) is 0 Å². The highest BCUT2D eigenvalue weighted by atomic mass is 79.9. The van der Waals surface area contributed by atoms with Crippen molar-refractivity contribution >= 4 is 21.9 Å². The SMILES string of the molecule is O=C(O)C(Cc1ccccc1Br)CC(F)F. The Bertz CT molecular complexity index is 369. The van der Waals surface area contributed by atoms with Crippen molar-refractivity contribution in [2.75, 3.05) is 0 Å².